The molecule has 0 aromatic carbocycles. The molecule has 1 saturated carbocycles. The second kappa shape index (κ2) is 6.35. The molecule has 0 bridgehead atoms. The summed E-state index contributed by atoms with van der Waals surface area (Å²) in [6, 6.07) is 6.87. The topological polar surface area (TPSA) is 28.2 Å². The summed E-state index contributed by atoms with van der Waals surface area (Å²) in [5.74, 6) is 1.13. The fourth-order valence-electron chi connectivity index (χ4n) is 3.21. The zero-order chi connectivity index (χ0) is 13.8. The summed E-state index contributed by atoms with van der Waals surface area (Å²) in [5.41, 5.74) is 0. The van der Waals surface area contributed by atoms with Gasteiger partial charge in [-0.1, -0.05) is 12.5 Å². The van der Waals surface area contributed by atoms with Crippen molar-refractivity contribution in [3.8, 4) is 0 Å². The van der Waals surface area contributed by atoms with E-state index in [0.717, 1.165) is 18.9 Å². The van der Waals surface area contributed by atoms with Crippen LogP contribution in [-0.2, 0) is 0 Å². The molecule has 2 heterocycles. The van der Waals surface area contributed by atoms with Crippen LogP contribution in [0.1, 0.15) is 32.1 Å². The van der Waals surface area contributed by atoms with Crippen LogP contribution in [0.5, 0.6) is 0 Å². The molecule has 2 aliphatic rings. The quantitative estimate of drug-likeness (QED) is 0.903. The summed E-state index contributed by atoms with van der Waals surface area (Å²) in [7, 11) is 0. The minimum absolute atomic E-state index is 0.554. The van der Waals surface area contributed by atoms with Crippen molar-refractivity contribution in [2.24, 2.45) is 0 Å². The maximum atomic E-state index is 4.45. The Morgan fingerprint density at radius 2 is 2.15 bits per heavy atom. The van der Waals surface area contributed by atoms with Crippen molar-refractivity contribution in [3.63, 3.8) is 0 Å². The molecule has 0 radical (unpaired) electrons. The minimum atomic E-state index is 0.554. The number of nitrogens with one attached hydrogen (secondary N) is 1. The molecule has 2 fully saturated rings. The first kappa shape index (κ1) is 14.2. The summed E-state index contributed by atoms with van der Waals surface area (Å²) in [6.45, 7) is 3.45. The van der Waals surface area contributed by atoms with Gasteiger partial charge in [0.15, 0.2) is 0 Å². The van der Waals surface area contributed by atoms with E-state index in [1.165, 1.54) is 38.6 Å². The largest absolute Gasteiger partial charge is 0.357 e. The number of nitrogens with zero attached hydrogens (tertiary/aromatic N) is 2. The van der Waals surface area contributed by atoms with E-state index < -0.39 is 0 Å². The van der Waals surface area contributed by atoms with E-state index in [2.05, 4.69) is 45.4 Å². The zero-order valence-electron chi connectivity index (χ0n) is 12.3. The Bertz CT molecular complexity index is 405. The summed E-state index contributed by atoms with van der Waals surface area (Å²) in [4.78, 5) is 6.86. The van der Waals surface area contributed by atoms with Crippen LogP contribution in [0.2, 0.25) is 0 Å². The van der Waals surface area contributed by atoms with Crippen molar-refractivity contribution >= 4 is 17.6 Å². The molecule has 1 aromatic rings. The molecule has 0 amide bonds. The smallest absolute Gasteiger partial charge is 0.128 e. The lowest BCUT2D eigenvalue weighted by atomic mass is 9.84. The van der Waals surface area contributed by atoms with Crippen LogP contribution in [-0.4, -0.2) is 41.7 Å². The summed E-state index contributed by atoms with van der Waals surface area (Å²) in [5, 5.41) is 3.82. The van der Waals surface area contributed by atoms with Crippen molar-refractivity contribution in [1.29, 1.82) is 0 Å². The average molecular weight is 291 g/mol. The highest BCUT2D eigenvalue weighted by Crippen LogP contribution is 2.42. The van der Waals surface area contributed by atoms with Gasteiger partial charge in [-0.3, -0.25) is 0 Å². The number of piperidine rings is 1. The molecule has 0 unspecified atom stereocenters. The molecule has 1 aromatic heterocycles. The molecule has 110 valence electrons. The number of rotatable bonds is 5. The Kier molecular flexibility index (Phi) is 4.51. The van der Waals surface area contributed by atoms with Crippen LogP contribution in [0, 0.1) is 0 Å². The minimum Gasteiger partial charge on any atom is -0.357 e. The van der Waals surface area contributed by atoms with Crippen molar-refractivity contribution < 1.29 is 0 Å². The van der Waals surface area contributed by atoms with Gasteiger partial charge in [0.25, 0.3) is 0 Å². The summed E-state index contributed by atoms with van der Waals surface area (Å²) in [6.07, 6.45) is 10.8. The van der Waals surface area contributed by atoms with E-state index in [-0.39, 0.29) is 0 Å². The van der Waals surface area contributed by atoms with Gasteiger partial charge >= 0.3 is 0 Å². The Hall–Kier alpha value is -0.740. The van der Waals surface area contributed by atoms with Crippen molar-refractivity contribution in [3.05, 3.63) is 24.4 Å². The monoisotopic (exact) mass is 291 g/mol. The molecule has 20 heavy (non-hydrogen) atoms. The van der Waals surface area contributed by atoms with Crippen LogP contribution in [0.4, 0.5) is 5.82 Å². The van der Waals surface area contributed by atoms with Gasteiger partial charge in [0, 0.05) is 36.6 Å². The Morgan fingerprint density at radius 3 is 2.70 bits per heavy atom. The number of thioether (sulfide) groups is 1. The predicted octanol–water partition coefficient (Wildman–Crippen LogP) is 2.93. The normalized spacial score (nSPS) is 22.6. The van der Waals surface area contributed by atoms with Gasteiger partial charge in [0.2, 0.25) is 0 Å². The predicted molar refractivity (Wildman–Crippen MR) is 87.6 cm³/mol. The van der Waals surface area contributed by atoms with E-state index in [4.69, 9.17) is 0 Å². The van der Waals surface area contributed by atoms with Crippen LogP contribution in [0.25, 0.3) is 0 Å². The highest BCUT2D eigenvalue weighted by Gasteiger charge is 2.36. The van der Waals surface area contributed by atoms with E-state index >= 15 is 0 Å². The van der Waals surface area contributed by atoms with E-state index in [9.17, 15) is 0 Å². The number of pyridine rings is 1. The fourth-order valence-corrected chi connectivity index (χ4v) is 4.13. The highest BCUT2D eigenvalue weighted by atomic mass is 32.2. The van der Waals surface area contributed by atoms with E-state index in [1.54, 1.807) is 0 Å². The van der Waals surface area contributed by atoms with Gasteiger partial charge in [0.1, 0.15) is 5.82 Å². The molecule has 4 heteroatoms. The Balaban J connectivity index is 1.44. The van der Waals surface area contributed by atoms with Crippen molar-refractivity contribution in [2.45, 2.75) is 42.9 Å². The number of anilines is 1. The van der Waals surface area contributed by atoms with Gasteiger partial charge in [-0.15, -0.1) is 0 Å². The standard InChI is InChI=1S/C16H25N3S/c1-20-16(8-4-9-16)13-18-14-6-11-19(12-7-14)15-5-2-3-10-17-15/h2-3,5,10,14,18H,4,6-9,11-13H2,1H3. The Labute approximate surface area is 126 Å². The third kappa shape index (κ3) is 3.12. The van der Waals surface area contributed by atoms with E-state index in [1.807, 2.05) is 12.3 Å². The fraction of sp³-hybridized carbons (Fsp3) is 0.688. The van der Waals surface area contributed by atoms with Gasteiger partial charge < -0.3 is 10.2 Å². The van der Waals surface area contributed by atoms with Crippen LogP contribution >= 0.6 is 11.8 Å². The first-order valence-corrected chi connectivity index (χ1v) is 8.98. The third-order valence-electron chi connectivity index (χ3n) is 4.88. The van der Waals surface area contributed by atoms with Gasteiger partial charge in [-0.25, -0.2) is 4.98 Å². The SMILES string of the molecule is CSC1(CNC2CCN(c3ccccn3)CC2)CCC1. The molecule has 3 rings (SSSR count). The average Bonchev–Trinajstić information content (AvgIpc) is 2.48. The Morgan fingerprint density at radius 1 is 1.35 bits per heavy atom. The lowest BCUT2D eigenvalue weighted by molar-refractivity contribution is 0.313. The molecule has 1 N–H and O–H groups in total. The number of hydrogen-bond acceptors (Lipinski definition) is 4. The second-order valence-corrected chi connectivity index (χ2v) is 7.35. The summed E-state index contributed by atoms with van der Waals surface area (Å²) < 4.78 is 0.554. The highest BCUT2D eigenvalue weighted by molar-refractivity contribution is 8.00. The van der Waals surface area contributed by atoms with Gasteiger partial charge in [0.05, 0.1) is 0 Å². The van der Waals surface area contributed by atoms with Gasteiger partial charge in [-0.2, -0.15) is 11.8 Å². The van der Waals surface area contributed by atoms with Crippen molar-refractivity contribution in [2.75, 3.05) is 30.8 Å². The zero-order valence-corrected chi connectivity index (χ0v) is 13.2. The van der Waals surface area contributed by atoms with Gasteiger partial charge in [-0.05, 0) is 44.1 Å². The molecule has 1 aliphatic heterocycles. The molecule has 0 atom stereocenters. The van der Waals surface area contributed by atoms with Crippen LogP contribution in [0.15, 0.2) is 24.4 Å². The first-order chi connectivity index (χ1) is 9.81. The number of hydrogen-bond donors (Lipinski definition) is 1. The molecule has 1 saturated heterocycles. The molecule has 3 nitrogen and oxygen atoms in total. The maximum absolute atomic E-state index is 4.45. The molecular weight excluding hydrogens is 266 g/mol. The van der Waals surface area contributed by atoms with Crippen LogP contribution in [0.3, 0.4) is 0 Å². The first-order valence-electron chi connectivity index (χ1n) is 7.76. The lowest BCUT2D eigenvalue weighted by Gasteiger charge is -2.42. The third-order valence-corrected chi connectivity index (χ3v) is 6.30. The maximum Gasteiger partial charge on any atom is 0.128 e. The van der Waals surface area contributed by atoms with Crippen molar-refractivity contribution in [1.82, 2.24) is 10.3 Å². The second-order valence-electron chi connectivity index (χ2n) is 6.07. The molecule has 1 aliphatic carbocycles. The lowest BCUT2D eigenvalue weighted by Crippen LogP contribution is -2.49. The number of aromatic nitrogens is 1. The molecular formula is C16H25N3S. The van der Waals surface area contributed by atoms with E-state index in [0.29, 0.717) is 10.8 Å². The molecule has 0 spiro atoms. The summed E-state index contributed by atoms with van der Waals surface area (Å²) >= 11 is 2.06. The van der Waals surface area contributed by atoms with Crippen LogP contribution < -0.4 is 10.2 Å².